The van der Waals surface area contributed by atoms with Crippen molar-refractivity contribution in [3.63, 3.8) is 0 Å². The van der Waals surface area contributed by atoms with E-state index < -0.39 is 35.3 Å². The van der Waals surface area contributed by atoms with Gasteiger partial charge in [0.15, 0.2) is 6.23 Å². The third-order valence-electron chi connectivity index (χ3n) is 3.92. The summed E-state index contributed by atoms with van der Waals surface area (Å²) in [7, 11) is 0. The Kier molecular flexibility index (Phi) is 4.32. The minimum absolute atomic E-state index is 0.316. The normalized spacial score (nSPS) is 23.6. The summed E-state index contributed by atoms with van der Waals surface area (Å²) < 4.78 is 10.1. The molecular weight excluding hydrogens is 292 g/mol. The maximum absolute atomic E-state index is 11.9. The molecular formula is C14H22N2O6. The molecule has 0 unspecified atom stereocenters. The van der Waals surface area contributed by atoms with Crippen molar-refractivity contribution in [1.82, 2.24) is 10.2 Å². The van der Waals surface area contributed by atoms with Crippen LogP contribution in [0.3, 0.4) is 0 Å². The van der Waals surface area contributed by atoms with Crippen molar-refractivity contribution in [3.8, 4) is 0 Å². The van der Waals surface area contributed by atoms with E-state index in [4.69, 9.17) is 14.6 Å². The van der Waals surface area contributed by atoms with Crippen LogP contribution in [0.4, 0.5) is 4.79 Å². The number of carboxylic acid groups (broad SMARTS) is 1. The number of hydrogen-bond donors (Lipinski definition) is 2. The summed E-state index contributed by atoms with van der Waals surface area (Å²) in [6, 6.07) is 0. The fourth-order valence-corrected chi connectivity index (χ4v) is 2.87. The Balaban J connectivity index is 2.04. The lowest BCUT2D eigenvalue weighted by Gasteiger charge is -2.56. The van der Waals surface area contributed by atoms with Gasteiger partial charge in [0.2, 0.25) is 0 Å². The first-order valence-electron chi connectivity index (χ1n) is 7.29. The molecule has 1 amide bonds. The van der Waals surface area contributed by atoms with E-state index in [2.05, 4.69) is 5.32 Å². The Morgan fingerprint density at radius 2 is 1.77 bits per heavy atom. The van der Waals surface area contributed by atoms with Crippen molar-refractivity contribution in [2.45, 2.75) is 45.4 Å². The molecule has 2 aliphatic heterocycles. The van der Waals surface area contributed by atoms with Gasteiger partial charge < -0.3 is 19.9 Å². The van der Waals surface area contributed by atoms with Crippen LogP contribution in [-0.4, -0.2) is 59.5 Å². The molecule has 2 saturated heterocycles. The van der Waals surface area contributed by atoms with Crippen LogP contribution in [0.15, 0.2) is 0 Å². The van der Waals surface area contributed by atoms with Crippen molar-refractivity contribution in [1.29, 1.82) is 0 Å². The van der Waals surface area contributed by atoms with Gasteiger partial charge in [0.05, 0.1) is 0 Å². The first-order chi connectivity index (χ1) is 10.1. The summed E-state index contributed by atoms with van der Waals surface area (Å²) in [5.74, 6) is -2.25. The molecule has 0 aromatic heterocycles. The molecule has 1 atom stereocenters. The topological polar surface area (TPSA) is 105 Å². The van der Waals surface area contributed by atoms with Crippen LogP contribution in [0.25, 0.3) is 0 Å². The number of ether oxygens (including phenoxy) is 2. The Morgan fingerprint density at radius 1 is 1.18 bits per heavy atom. The molecule has 2 heterocycles. The van der Waals surface area contributed by atoms with Crippen LogP contribution in [-0.2, 0) is 19.1 Å². The van der Waals surface area contributed by atoms with Crippen LogP contribution in [0.5, 0.6) is 0 Å². The van der Waals surface area contributed by atoms with E-state index in [1.807, 2.05) is 0 Å². The Hall–Kier alpha value is -1.83. The van der Waals surface area contributed by atoms with Crippen LogP contribution < -0.4 is 5.32 Å². The fourth-order valence-electron chi connectivity index (χ4n) is 2.87. The first-order valence-corrected chi connectivity index (χ1v) is 7.29. The highest BCUT2D eigenvalue weighted by Crippen LogP contribution is 2.45. The number of carbonyl (C=O) groups excluding carboxylic acids is 2. The average molecular weight is 314 g/mol. The van der Waals surface area contributed by atoms with E-state index >= 15 is 0 Å². The van der Waals surface area contributed by atoms with Gasteiger partial charge in [-0.2, -0.15) is 0 Å². The van der Waals surface area contributed by atoms with Gasteiger partial charge in [-0.1, -0.05) is 0 Å². The molecule has 2 fully saturated rings. The molecule has 0 saturated carbocycles. The van der Waals surface area contributed by atoms with Crippen molar-refractivity contribution in [2.75, 3.05) is 19.6 Å². The molecule has 2 N–H and O–H groups in total. The molecule has 124 valence electrons. The van der Waals surface area contributed by atoms with Gasteiger partial charge in [-0.25, -0.2) is 14.4 Å². The zero-order chi connectivity index (χ0) is 16.5. The molecule has 2 rings (SSSR count). The summed E-state index contributed by atoms with van der Waals surface area (Å²) in [5.41, 5.74) is -1.21. The number of likely N-dealkylation sites (tertiary alicyclic amines) is 1. The molecule has 1 spiro atoms. The second-order valence-electron chi connectivity index (χ2n) is 6.78. The van der Waals surface area contributed by atoms with Crippen LogP contribution in [0, 0.1) is 5.41 Å². The number of esters is 2. The Bertz CT molecular complexity index is 478. The van der Waals surface area contributed by atoms with Gasteiger partial charge in [-0.15, -0.1) is 0 Å². The van der Waals surface area contributed by atoms with Gasteiger partial charge in [0.1, 0.15) is 5.60 Å². The Morgan fingerprint density at radius 3 is 2.27 bits per heavy atom. The minimum Gasteiger partial charge on any atom is -0.465 e. The summed E-state index contributed by atoms with van der Waals surface area (Å²) in [6.45, 7) is 6.69. The molecule has 2 aliphatic rings. The first kappa shape index (κ1) is 16.5. The van der Waals surface area contributed by atoms with E-state index in [1.165, 1.54) is 0 Å². The third-order valence-corrected chi connectivity index (χ3v) is 3.92. The SMILES string of the molecule is CC(C)(C)OC(=O)C(=O)O[C@H]1N(C(=O)O)CC12CCNCC2. The Labute approximate surface area is 128 Å². The molecule has 8 heteroatoms. The van der Waals surface area contributed by atoms with E-state index in [0.29, 0.717) is 19.4 Å². The maximum atomic E-state index is 11.9. The van der Waals surface area contributed by atoms with Gasteiger partial charge in [0, 0.05) is 12.0 Å². The van der Waals surface area contributed by atoms with Crippen molar-refractivity contribution >= 4 is 18.0 Å². The van der Waals surface area contributed by atoms with Crippen molar-refractivity contribution in [3.05, 3.63) is 0 Å². The predicted molar refractivity (Wildman–Crippen MR) is 75.0 cm³/mol. The number of nitrogens with one attached hydrogen (secondary N) is 1. The summed E-state index contributed by atoms with van der Waals surface area (Å²) in [4.78, 5) is 35.8. The third kappa shape index (κ3) is 3.32. The second-order valence-corrected chi connectivity index (χ2v) is 6.78. The minimum atomic E-state index is -1.16. The van der Waals surface area contributed by atoms with Crippen molar-refractivity contribution in [2.24, 2.45) is 5.41 Å². The number of amides is 1. The quantitative estimate of drug-likeness (QED) is 0.538. The van der Waals surface area contributed by atoms with E-state index in [-0.39, 0.29) is 0 Å². The lowest BCUT2D eigenvalue weighted by atomic mass is 9.70. The van der Waals surface area contributed by atoms with Gasteiger partial charge in [0.25, 0.3) is 0 Å². The van der Waals surface area contributed by atoms with Gasteiger partial charge in [-0.3, -0.25) is 4.90 Å². The van der Waals surface area contributed by atoms with Gasteiger partial charge >= 0.3 is 18.0 Å². The standard InChI is InChI=1S/C14H22N2O6/c1-13(2,3)22-10(18)9(17)21-11-14(4-6-15-7-5-14)8-16(11)12(19)20/h11,15H,4-8H2,1-3H3,(H,19,20)/t11-/m1/s1. The highest BCUT2D eigenvalue weighted by molar-refractivity contribution is 6.29. The lowest BCUT2D eigenvalue weighted by molar-refractivity contribution is -0.221. The van der Waals surface area contributed by atoms with Crippen LogP contribution in [0.1, 0.15) is 33.6 Å². The average Bonchev–Trinajstić information content (AvgIpc) is 2.41. The van der Waals surface area contributed by atoms with E-state index in [0.717, 1.165) is 18.0 Å². The van der Waals surface area contributed by atoms with E-state index in [1.54, 1.807) is 20.8 Å². The maximum Gasteiger partial charge on any atom is 0.419 e. The molecule has 0 aliphatic carbocycles. The fraction of sp³-hybridized carbons (Fsp3) is 0.786. The molecule has 0 aromatic rings. The monoisotopic (exact) mass is 314 g/mol. The molecule has 0 radical (unpaired) electrons. The number of piperidine rings is 1. The largest absolute Gasteiger partial charge is 0.465 e. The summed E-state index contributed by atoms with van der Waals surface area (Å²) >= 11 is 0. The second kappa shape index (κ2) is 5.75. The molecule has 0 aromatic carbocycles. The van der Waals surface area contributed by atoms with E-state index in [9.17, 15) is 14.4 Å². The number of hydrogen-bond acceptors (Lipinski definition) is 6. The highest BCUT2D eigenvalue weighted by atomic mass is 16.6. The molecule has 0 bridgehead atoms. The highest BCUT2D eigenvalue weighted by Gasteiger charge is 2.57. The van der Waals surface area contributed by atoms with Crippen LogP contribution >= 0.6 is 0 Å². The zero-order valence-electron chi connectivity index (χ0n) is 13.0. The zero-order valence-corrected chi connectivity index (χ0v) is 13.0. The van der Waals surface area contributed by atoms with Gasteiger partial charge in [-0.05, 0) is 46.7 Å². The lowest BCUT2D eigenvalue weighted by Crippen LogP contribution is -2.69. The number of carbonyl (C=O) groups is 3. The van der Waals surface area contributed by atoms with Crippen LogP contribution in [0.2, 0.25) is 0 Å². The summed E-state index contributed by atoms with van der Waals surface area (Å²) in [6.07, 6.45) is -0.690. The summed E-state index contributed by atoms with van der Waals surface area (Å²) in [5, 5.41) is 12.3. The smallest absolute Gasteiger partial charge is 0.419 e. The van der Waals surface area contributed by atoms with Crippen molar-refractivity contribution < 1.29 is 29.0 Å². The predicted octanol–water partition coefficient (Wildman–Crippen LogP) is 0.561. The number of nitrogens with zero attached hydrogens (tertiary/aromatic N) is 1. The number of rotatable bonds is 1. The molecule has 8 nitrogen and oxygen atoms in total. The molecule has 22 heavy (non-hydrogen) atoms.